The molecule has 1 fully saturated rings. The molecule has 0 radical (unpaired) electrons. The third-order valence-electron chi connectivity index (χ3n) is 2.97. The summed E-state index contributed by atoms with van der Waals surface area (Å²) in [6.45, 7) is 2.60. The zero-order chi connectivity index (χ0) is 12.3. The molecular weight excluding hydrogens is 218 g/mol. The Kier molecular flexibility index (Phi) is 3.58. The van der Waals surface area contributed by atoms with Gasteiger partial charge in [0.15, 0.2) is 0 Å². The van der Waals surface area contributed by atoms with E-state index in [9.17, 15) is 4.79 Å². The number of rotatable bonds is 2. The lowest BCUT2D eigenvalue weighted by Crippen LogP contribution is -2.40. The van der Waals surface area contributed by atoms with E-state index in [2.05, 4.69) is 10.3 Å². The molecule has 1 aliphatic heterocycles. The highest BCUT2D eigenvalue weighted by Gasteiger charge is 2.28. The summed E-state index contributed by atoms with van der Waals surface area (Å²) in [4.78, 5) is 17.8. The van der Waals surface area contributed by atoms with Crippen LogP contribution in [0.1, 0.15) is 18.5 Å². The number of aryl methyl sites for hydroxylation is 1. The number of likely N-dealkylation sites (tertiary alicyclic amines) is 1. The highest BCUT2D eigenvalue weighted by Crippen LogP contribution is 2.17. The van der Waals surface area contributed by atoms with E-state index in [-0.39, 0.29) is 18.7 Å². The van der Waals surface area contributed by atoms with Gasteiger partial charge in [0.25, 0.3) is 0 Å². The summed E-state index contributed by atoms with van der Waals surface area (Å²) in [5, 5.41) is 11.9. The fraction of sp³-hybridized carbons (Fsp3) is 0.500. The number of nitrogens with zero attached hydrogens (tertiary/aromatic N) is 2. The summed E-state index contributed by atoms with van der Waals surface area (Å²) in [7, 11) is 0. The number of nitrogens with one attached hydrogen (secondary N) is 1. The molecule has 0 aliphatic carbocycles. The maximum atomic E-state index is 12.0. The maximum Gasteiger partial charge on any atom is 0.323 e. The zero-order valence-corrected chi connectivity index (χ0v) is 9.89. The van der Waals surface area contributed by atoms with E-state index in [1.54, 1.807) is 11.0 Å². The molecule has 0 bridgehead atoms. The number of aromatic nitrogens is 1. The van der Waals surface area contributed by atoms with Crippen molar-refractivity contribution in [2.45, 2.75) is 25.8 Å². The lowest BCUT2D eigenvalue weighted by Gasteiger charge is -2.23. The Hall–Kier alpha value is -1.62. The number of pyridine rings is 1. The molecule has 0 spiro atoms. The van der Waals surface area contributed by atoms with Crippen molar-refractivity contribution in [1.82, 2.24) is 9.88 Å². The molecule has 2 rings (SSSR count). The van der Waals surface area contributed by atoms with Crippen LogP contribution in [0.25, 0.3) is 0 Å². The van der Waals surface area contributed by atoms with Crippen molar-refractivity contribution in [2.75, 3.05) is 18.5 Å². The third kappa shape index (κ3) is 2.74. The van der Waals surface area contributed by atoms with Crippen LogP contribution in [0.2, 0.25) is 0 Å². The molecule has 17 heavy (non-hydrogen) atoms. The van der Waals surface area contributed by atoms with E-state index in [4.69, 9.17) is 5.11 Å². The van der Waals surface area contributed by atoms with Crippen LogP contribution in [-0.4, -0.2) is 40.2 Å². The van der Waals surface area contributed by atoms with Gasteiger partial charge in [0.1, 0.15) is 5.82 Å². The summed E-state index contributed by atoms with van der Waals surface area (Å²) in [6, 6.07) is 5.25. The maximum absolute atomic E-state index is 12.0. The van der Waals surface area contributed by atoms with E-state index >= 15 is 0 Å². The first-order valence-corrected chi connectivity index (χ1v) is 5.83. The molecule has 1 atom stereocenters. The van der Waals surface area contributed by atoms with Gasteiger partial charge in [-0.1, -0.05) is 6.07 Å². The lowest BCUT2D eigenvalue weighted by atomic mass is 10.2. The van der Waals surface area contributed by atoms with Gasteiger partial charge >= 0.3 is 6.03 Å². The number of carbonyl (C=O) groups excluding carboxylic acids is 1. The standard InChI is InChI=1S/C12H17N3O2/c1-9-4-2-6-11(13-9)14-12(17)15-7-3-5-10(15)8-16/h2,4,6,10,16H,3,5,7-8H2,1H3,(H,13,14,17)/t10-/m1/s1. The number of hydrogen-bond donors (Lipinski definition) is 2. The van der Waals surface area contributed by atoms with Crippen molar-refractivity contribution in [2.24, 2.45) is 0 Å². The van der Waals surface area contributed by atoms with Crippen LogP contribution in [0.4, 0.5) is 10.6 Å². The van der Waals surface area contributed by atoms with Crippen LogP contribution >= 0.6 is 0 Å². The number of urea groups is 1. The molecule has 5 nitrogen and oxygen atoms in total. The van der Waals surface area contributed by atoms with Gasteiger partial charge in [-0.15, -0.1) is 0 Å². The number of carbonyl (C=O) groups is 1. The molecular formula is C12H17N3O2. The quantitative estimate of drug-likeness (QED) is 0.813. The minimum absolute atomic E-state index is 0.0225. The van der Waals surface area contributed by atoms with E-state index in [1.165, 1.54) is 0 Å². The van der Waals surface area contributed by atoms with E-state index in [1.807, 2.05) is 19.1 Å². The molecule has 0 unspecified atom stereocenters. The highest BCUT2D eigenvalue weighted by molar-refractivity contribution is 5.88. The lowest BCUT2D eigenvalue weighted by molar-refractivity contribution is 0.166. The second-order valence-electron chi connectivity index (χ2n) is 4.27. The summed E-state index contributed by atoms with van der Waals surface area (Å²) in [5.41, 5.74) is 0.864. The van der Waals surface area contributed by atoms with Crippen LogP contribution < -0.4 is 5.32 Å². The van der Waals surface area contributed by atoms with Crippen LogP contribution in [0.5, 0.6) is 0 Å². The van der Waals surface area contributed by atoms with E-state index in [0.717, 1.165) is 18.5 Å². The minimum Gasteiger partial charge on any atom is -0.394 e. The molecule has 1 aromatic heterocycles. The summed E-state index contributed by atoms with van der Waals surface area (Å²) >= 11 is 0. The fourth-order valence-corrected chi connectivity index (χ4v) is 2.09. The number of aliphatic hydroxyl groups is 1. The average Bonchev–Trinajstić information content (AvgIpc) is 2.77. The second kappa shape index (κ2) is 5.14. The Morgan fingerprint density at radius 2 is 2.47 bits per heavy atom. The Morgan fingerprint density at radius 3 is 3.18 bits per heavy atom. The van der Waals surface area contributed by atoms with Gasteiger partial charge in [0, 0.05) is 12.2 Å². The molecule has 1 aromatic rings. The van der Waals surface area contributed by atoms with E-state index < -0.39 is 0 Å². The highest BCUT2D eigenvalue weighted by atomic mass is 16.3. The normalized spacial score (nSPS) is 19.4. The first-order chi connectivity index (χ1) is 8.20. The molecule has 2 N–H and O–H groups in total. The molecule has 5 heteroatoms. The van der Waals surface area contributed by atoms with Crippen molar-refractivity contribution < 1.29 is 9.90 Å². The van der Waals surface area contributed by atoms with Gasteiger partial charge in [-0.05, 0) is 31.9 Å². The van der Waals surface area contributed by atoms with Gasteiger partial charge < -0.3 is 10.0 Å². The SMILES string of the molecule is Cc1cccc(NC(=O)N2CCC[C@@H]2CO)n1. The first-order valence-electron chi connectivity index (χ1n) is 5.83. The van der Waals surface area contributed by atoms with Crippen LogP contribution in [0, 0.1) is 6.92 Å². The monoisotopic (exact) mass is 235 g/mol. The second-order valence-corrected chi connectivity index (χ2v) is 4.27. The van der Waals surface area contributed by atoms with Crippen molar-refractivity contribution >= 4 is 11.8 Å². The van der Waals surface area contributed by atoms with Crippen LogP contribution in [0.15, 0.2) is 18.2 Å². The van der Waals surface area contributed by atoms with Gasteiger partial charge in [-0.3, -0.25) is 5.32 Å². The average molecular weight is 235 g/mol. The minimum atomic E-state index is -0.181. The Labute approximate surface area is 100 Å². The summed E-state index contributed by atoms with van der Waals surface area (Å²) < 4.78 is 0. The predicted molar refractivity (Wildman–Crippen MR) is 64.8 cm³/mol. The number of amides is 2. The molecule has 1 aliphatic rings. The van der Waals surface area contributed by atoms with Crippen molar-refractivity contribution in [3.8, 4) is 0 Å². The molecule has 92 valence electrons. The number of anilines is 1. The largest absolute Gasteiger partial charge is 0.394 e. The smallest absolute Gasteiger partial charge is 0.323 e. The topological polar surface area (TPSA) is 65.5 Å². The first kappa shape index (κ1) is 11.9. The molecule has 0 saturated carbocycles. The third-order valence-corrected chi connectivity index (χ3v) is 2.97. The van der Waals surface area contributed by atoms with Gasteiger partial charge in [0.05, 0.1) is 12.6 Å². The van der Waals surface area contributed by atoms with Crippen molar-refractivity contribution in [3.05, 3.63) is 23.9 Å². The van der Waals surface area contributed by atoms with Crippen molar-refractivity contribution in [3.63, 3.8) is 0 Å². The van der Waals surface area contributed by atoms with Crippen LogP contribution in [0.3, 0.4) is 0 Å². The van der Waals surface area contributed by atoms with Gasteiger partial charge in [0.2, 0.25) is 0 Å². The Bertz CT molecular complexity index is 408. The number of aliphatic hydroxyl groups excluding tert-OH is 1. The zero-order valence-electron chi connectivity index (χ0n) is 9.89. The molecule has 0 aromatic carbocycles. The van der Waals surface area contributed by atoms with Gasteiger partial charge in [-0.2, -0.15) is 0 Å². The predicted octanol–water partition coefficient (Wildman–Crippen LogP) is 1.38. The summed E-state index contributed by atoms with van der Waals surface area (Å²) in [5.74, 6) is 0.554. The Balaban J connectivity index is 2.01. The van der Waals surface area contributed by atoms with Crippen LogP contribution in [-0.2, 0) is 0 Å². The van der Waals surface area contributed by atoms with Crippen molar-refractivity contribution in [1.29, 1.82) is 0 Å². The fourth-order valence-electron chi connectivity index (χ4n) is 2.09. The molecule has 1 saturated heterocycles. The van der Waals surface area contributed by atoms with E-state index in [0.29, 0.717) is 12.4 Å². The Morgan fingerprint density at radius 1 is 1.65 bits per heavy atom. The summed E-state index contributed by atoms with van der Waals surface area (Å²) in [6.07, 6.45) is 1.81. The molecule has 2 heterocycles. The van der Waals surface area contributed by atoms with Gasteiger partial charge in [-0.25, -0.2) is 9.78 Å². The molecule has 2 amide bonds. The number of hydrogen-bond acceptors (Lipinski definition) is 3.